The minimum absolute atomic E-state index is 0.121. The first kappa shape index (κ1) is 18.2. The van der Waals surface area contributed by atoms with E-state index in [1.807, 2.05) is 39.9 Å². The molecule has 150 valence electrons. The summed E-state index contributed by atoms with van der Waals surface area (Å²) >= 11 is 0. The number of amides is 1. The summed E-state index contributed by atoms with van der Waals surface area (Å²) in [7, 11) is 0. The van der Waals surface area contributed by atoms with Crippen LogP contribution in [0.15, 0.2) is 42.9 Å². The van der Waals surface area contributed by atoms with Gasteiger partial charge in [-0.1, -0.05) is 6.07 Å². The maximum atomic E-state index is 12.9. The lowest BCUT2D eigenvalue weighted by molar-refractivity contribution is 0.0724. The molecule has 2 fully saturated rings. The van der Waals surface area contributed by atoms with Crippen molar-refractivity contribution in [2.45, 2.75) is 38.1 Å². The van der Waals surface area contributed by atoms with Crippen molar-refractivity contribution in [2.24, 2.45) is 0 Å². The van der Waals surface area contributed by atoms with Gasteiger partial charge in [-0.05, 0) is 56.0 Å². The third kappa shape index (κ3) is 3.74. The van der Waals surface area contributed by atoms with Crippen LogP contribution in [0.3, 0.4) is 0 Å². The number of hydrogen-bond acceptors (Lipinski definition) is 5. The molecule has 1 atom stereocenters. The summed E-state index contributed by atoms with van der Waals surface area (Å²) < 4.78 is 2.02. The number of pyridine rings is 2. The highest BCUT2D eigenvalue weighted by Crippen LogP contribution is 2.27. The molecule has 2 saturated heterocycles. The van der Waals surface area contributed by atoms with Gasteiger partial charge in [-0.25, -0.2) is 0 Å². The van der Waals surface area contributed by atoms with Gasteiger partial charge in [-0.15, -0.1) is 10.2 Å². The predicted octanol–water partition coefficient (Wildman–Crippen LogP) is 2.74. The van der Waals surface area contributed by atoms with Crippen molar-refractivity contribution in [3.8, 4) is 0 Å². The maximum absolute atomic E-state index is 12.9. The van der Waals surface area contributed by atoms with Crippen molar-refractivity contribution in [2.75, 3.05) is 26.2 Å². The van der Waals surface area contributed by atoms with Gasteiger partial charge in [0.2, 0.25) is 0 Å². The molecule has 0 bridgehead atoms. The van der Waals surface area contributed by atoms with E-state index >= 15 is 0 Å². The van der Waals surface area contributed by atoms with Crippen molar-refractivity contribution < 1.29 is 4.79 Å². The third-order valence-electron chi connectivity index (χ3n) is 6.09. The second-order valence-electron chi connectivity index (χ2n) is 8.14. The van der Waals surface area contributed by atoms with Gasteiger partial charge < -0.3 is 4.90 Å². The van der Waals surface area contributed by atoms with Gasteiger partial charge in [0.1, 0.15) is 5.82 Å². The SMILES string of the molecule is O=C(c1ccc2nnc(C3CCN(Cc4cccnc4)C3)n2c1)N1CCCCC1. The molecule has 1 unspecified atom stereocenters. The minimum Gasteiger partial charge on any atom is -0.339 e. The molecule has 0 radical (unpaired) electrons. The summed E-state index contributed by atoms with van der Waals surface area (Å²) in [5.74, 6) is 1.40. The fourth-order valence-corrected chi connectivity index (χ4v) is 4.53. The molecular weight excluding hydrogens is 364 g/mol. The largest absolute Gasteiger partial charge is 0.339 e. The number of hydrogen-bond donors (Lipinski definition) is 0. The Morgan fingerprint density at radius 3 is 2.79 bits per heavy atom. The van der Waals surface area contributed by atoms with E-state index < -0.39 is 0 Å². The van der Waals surface area contributed by atoms with Crippen molar-refractivity contribution in [1.82, 2.24) is 29.4 Å². The number of aromatic nitrogens is 4. The zero-order valence-electron chi connectivity index (χ0n) is 16.6. The van der Waals surface area contributed by atoms with Crippen LogP contribution in [0.1, 0.15) is 53.3 Å². The monoisotopic (exact) mass is 390 g/mol. The summed E-state index contributed by atoms with van der Waals surface area (Å²) in [4.78, 5) is 21.5. The van der Waals surface area contributed by atoms with Crippen molar-refractivity contribution >= 4 is 11.6 Å². The van der Waals surface area contributed by atoms with Gasteiger partial charge in [-0.3, -0.25) is 19.1 Å². The quantitative estimate of drug-likeness (QED) is 0.685. The second kappa shape index (κ2) is 7.91. The summed E-state index contributed by atoms with van der Waals surface area (Å²) in [5.41, 5.74) is 2.76. The van der Waals surface area contributed by atoms with E-state index in [2.05, 4.69) is 26.1 Å². The average Bonchev–Trinajstić information content (AvgIpc) is 3.41. The van der Waals surface area contributed by atoms with Crippen LogP contribution in [0.4, 0.5) is 0 Å². The molecule has 0 spiro atoms. The predicted molar refractivity (Wildman–Crippen MR) is 110 cm³/mol. The van der Waals surface area contributed by atoms with Crippen LogP contribution in [0.5, 0.6) is 0 Å². The number of carbonyl (C=O) groups excluding carboxylic acids is 1. The molecule has 29 heavy (non-hydrogen) atoms. The Hall–Kier alpha value is -2.80. The van der Waals surface area contributed by atoms with Crippen LogP contribution in [-0.2, 0) is 6.54 Å². The number of carbonyl (C=O) groups is 1. The summed E-state index contributed by atoms with van der Waals surface area (Å²) in [6.07, 6.45) is 10.1. The molecular formula is C22H26N6O. The third-order valence-corrected chi connectivity index (χ3v) is 6.09. The van der Waals surface area contributed by atoms with Gasteiger partial charge in [0, 0.05) is 50.7 Å². The number of rotatable bonds is 4. The van der Waals surface area contributed by atoms with Gasteiger partial charge in [0.15, 0.2) is 5.65 Å². The molecule has 5 heterocycles. The molecule has 0 N–H and O–H groups in total. The van der Waals surface area contributed by atoms with Crippen LogP contribution >= 0.6 is 0 Å². The molecule has 7 heteroatoms. The van der Waals surface area contributed by atoms with E-state index in [0.29, 0.717) is 5.92 Å². The number of nitrogens with zero attached hydrogens (tertiary/aromatic N) is 6. The first-order valence-corrected chi connectivity index (χ1v) is 10.5. The molecule has 3 aromatic rings. The number of fused-ring (bicyclic) bond motifs is 1. The molecule has 0 aromatic carbocycles. The zero-order chi connectivity index (χ0) is 19.6. The molecule has 3 aromatic heterocycles. The second-order valence-corrected chi connectivity index (χ2v) is 8.14. The molecule has 2 aliphatic rings. The average molecular weight is 390 g/mol. The number of likely N-dealkylation sites (tertiary alicyclic amines) is 2. The highest BCUT2D eigenvalue weighted by atomic mass is 16.2. The standard InChI is InChI=1S/C22H26N6O/c29-22(27-10-2-1-3-11-27)19-6-7-20-24-25-21(28(20)16-19)18-8-12-26(15-18)14-17-5-4-9-23-13-17/h4-7,9,13,16,18H,1-3,8,10-12,14-15H2. The Bertz CT molecular complexity index is 995. The van der Waals surface area contributed by atoms with Crippen LogP contribution in [0.25, 0.3) is 5.65 Å². The van der Waals surface area contributed by atoms with E-state index in [-0.39, 0.29) is 5.91 Å². The van der Waals surface area contributed by atoms with Gasteiger partial charge >= 0.3 is 0 Å². The van der Waals surface area contributed by atoms with E-state index in [1.54, 1.807) is 6.20 Å². The Kier molecular flexibility index (Phi) is 4.97. The summed E-state index contributed by atoms with van der Waals surface area (Å²) in [6.45, 7) is 4.59. The highest BCUT2D eigenvalue weighted by molar-refractivity contribution is 5.94. The molecule has 5 rings (SSSR count). The molecule has 1 amide bonds. The van der Waals surface area contributed by atoms with Crippen molar-refractivity contribution in [3.63, 3.8) is 0 Å². The fraction of sp³-hybridized carbons (Fsp3) is 0.455. The molecule has 0 aliphatic carbocycles. The zero-order valence-corrected chi connectivity index (χ0v) is 16.6. The lowest BCUT2D eigenvalue weighted by Gasteiger charge is -2.26. The highest BCUT2D eigenvalue weighted by Gasteiger charge is 2.28. The normalized spacial score (nSPS) is 20.4. The van der Waals surface area contributed by atoms with Gasteiger partial charge in [0.05, 0.1) is 5.56 Å². The fourth-order valence-electron chi connectivity index (χ4n) is 4.53. The number of piperidine rings is 1. The van der Waals surface area contributed by atoms with Gasteiger partial charge in [0.25, 0.3) is 5.91 Å². The summed E-state index contributed by atoms with van der Waals surface area (Å²) in [6, 6.07) is 7.89. The topological polar surface area (TPSA) is 66.6 Å². The van der Waals surface area contributed by atoms with Crippen molar-refractivity contribution in [1.29, 1.82) is 0 Å². The van der Waals surface area contributed by atoms with Crippen molar-refractivity contribution in [3.05, 3.63) is 59.8 Å². The minimum atomic E-state index is 0.121. The Labute approximate surface area is 170 Å². The van der Waals surface area contributed by atoms with E-state index in [0.717, 1.165) is 69.0 Å². The first-order valence-electron chi connectivity index (χ1n) is 10.5. The summed E-state index contributed by atoms with van der Waals surface area (Å²) in [5, 5.41) is 8.83. The first-order chi connectivity index (χ1) is 14.3. The Morgan fingerprint density at radius 2 is 1.97 bits per heavy atom. The van der Waals surface area contributed by atoms with E-state index in [1.165, 1.54) is 12.0 Å². The van der Waals surface area contributed by atoms with Crippen LogP contribution < -0.4 is 0 Å². The smallest absolute Gasteiger partial charge is 0.255 e. The van der Waals surface area contributed by atoms with Crippen LogP contribution in [-0.4, -0.2) is 61.5 Å². The lowest BCUT2D eigenvalue weighted by atomic mass is 10.1. The molecule has 7 nitrogen and oxygen atoms in total. The van der Waals surface area contributed by atoms with Gasteiger partial charge in [-0.2, -0.15) is 0 Å². The van der Waals surface area contributed by atoms with E-state index in [4.69, 9.17) is 0 Å². The van der Waals surface area contributed by atoms with E-state index in [9.17, 15) is 4.79 Å². The maximum Gasteiger partial charge on any atom is 0.255 e. The van der Waals surface area contributed by atoms with Crippen LogP contribution in [0.2, 0.25) is 0 Å². The lowest BCUT2D eigenvalue weighted by Crippen LogP contribution is -2.35. The molecule has 2 aliphatic heterocycles. The van der Waals surface area contributed by atoms with Crippen LogP contribution in [0, 0.1) is 0 Å². The Balaban J connectivity index is 1.34. The molecule has 0 saturated carbocycles. The Morgan fingerprint density at radius 1 is 1.07 bits per heavy atom.